The van der Waals surface area contributed by atoms with Crippen LogP contribution in [0, 0.1) is 17.8 Å². The van der Waals surface area contributed by atoms with Crippen molar-refractivity contribution in [2.45, 2.75) is 31.0 Å². The number of ether oxygens (including phenoxy) is 4. The normalized spacial score (nSPS) is 45.5. The standard InChI is InChI=1S/C15H16O7/c1-6(16)9-11-15(22-13(9)18)4-3-7-8(12(17)19-2)5-20-14(21-11)10(7)15/h3-7,9-11,14,16H,1-2H3/t6-,7+,9-,10-,11-,14-,15+/m0/s1. The van der Waals surface area contributed by atoms with Crippen molar-refractivity contribution < 1.29 is 33.6 Å². The summed E-state index contributed by atoms with van der Waals surface area (Å²) in [5, 5.41) is 9.87. The number of hydrogen-bond donors (Lipinski definition) is 1. The Morgan fingerprint density at radius 1 is 1.50 bits per heavy atom. The van der Waals surface area contributed by atoms with E-state index in [4.69, 9.17) is 18.9 Å². The highest BCUT2D eigenvalue weighted by molar-refractivity contribution is 5.90. The van der Waals surface area contributed by atoms with Crippen molar-refractivity contribution >= 4 is 11.9 Å². The van der Waals surface area contributed by atoms with Crippen molar-refractivity contribution in [3.63, 3.8) is 0 Å². The minimum Gasteiger partial charge on any atom is -0.471 e. The van der Waals surface area contributed by atoms with Crippen molar-refractivity contribution in [1.29, 1.82) is 0 Å². The average Bonchev–Trinajstić information content (AvgIpc) is 3.07. The zero-order valence-electron chi connectivity index (χ0n) is 12.1. The van der Waals surface area contributed by atoms with Crippen LogP contribution in [0.3, 0.4) is 0 Å². The number of aliphatic hydroxyl groups excluding tert-OH is 1. The Bertz CT molecular complexity index is 607. The lowest BCUT2D eigenvalue weighted by Gasteiger charge is -2.32. The highest BCUT2D eigenvalue weighted by atomic mass is 16.7. The third kappa shape index (κ3) is 1.47. The lowest BCUT2D eigenvalue weighted by molar-refractivity contribution is -0.166. The molecule has 4 aliphatic rings. The van der Waals surface area contributed by atoms with E-state index >= 15 is 0 Å². The monoisotopic (exact) mass is 308 g/mol. The molecule has 7 heteroatoms. The largest absolute Gasteiger partial charge is 0.471 e. The smallest absolute Gasteiger partial charge is 0.337 e. The average molecular weight is 308 g/mol. The first-order valence-electron chi connectivity index (χ1n) is 7.19. The van der Waals surface area contributed by atoms with Gasteiger partial charge in [0, 0.05) is 5.92 Å². The maximum atomic E-state index is 12.1. The summed E-state index contributed by atoms with van der Waals surface area (Å²) in [4.78, 5) is 24.0. The van der Waals surface area contributed by atoms with Crippen LogP contribution >= 0.6 is 0 Å². The maximum absolute atomic E-state index is 12.1. The predicted octanol–water partition coefficient (Wildman–Crippen LogP) is -0.107. The van der Waals surface area contributed by atoms with Crippen LogP contribution in [0.25, 0.3) is 0 Å². The number of rotatable bonds is 2. The molecular weight excluding hydrogens is 292 g/mol. The zero-order chi connectivity index (χ0) is 15.6. The van der Waals surface area contributed by atoms with Gasteiger partial charge in [-0.2, -0.15) is 0 Å². The number of allylic oxidation sites excluding steroid dienone is 1. The van der Waals surface area contributed by atoms with E-state index in [0.717, 1.165) is 0 Å². The zero-order valence-corrected chi connectivity index (χ0v) is 12.1. The summed E-state index contributed by atoms with van der Waals surface area (Å²) in [6.45, 7) is 1.53. The van der Waals surface area contributed by atoms with E-state index in [1.54, 1.807) is 6.08 Å². The van der Waals surface area contributed by atoms with E-state index < -0.39 is 42.0 Å². The molecule has 1 aliphatic carbocycles. The Labute approximate surface area is 126 Å². The van der Waals surface area contributed by atoms with Crippen LogP contribution in [-0.4, -0.2) is 48.3 Å². The topological polar surface area (TPSA) is 91.3 Å². The molecule has 2 saturated heterocycles. The van der Waals surface area contributed by atoms with Crippen LogP contribution in [0.5, 0.6) is 0 Å². The SMILES string of the molecule is COC(=O)C1=CO[C@H]2O[C@H]3[C@H]([C@H](C)O)C(=O)O[C@@]34C=C[C@H]1[C@@H]24. The number of aliphatic hydroxyl groups is 1. The second-order valence-corrected chi connectivity index (χ2v) is 6.08. The van der Waals surface area contributed by atoms with Crippen molar-refractivity contribution in [3.05, 3.63) is 24.0 Å². The molecule has 2 fully saturated rings. The van der Waals surface area contributed by atoms with E-state index in [2.05, 4.69) is 0 Å². The number of hydrogen-bond acceptors (Lipinski definition) is 7. The molecule has 4 rings (SSSR count). The number of methoxy groups -OCH3 is 1. The summed E-state index contributed by atoms with van der Waals surface area (Å²) in [6, 6.07) is 0. The fourth-order valence-corrected chi connectivity index (χ4v) is 4.04. The van der Waals surface area contributed by atoms with Crippen LogP contribution in [0.2, 0.25) is 0 Å². The second kappa shape index (κ2) is 4.33. The molecule has 0 aromatic rings. The fourth-order valence-electron chi connectivity index (χ4n) is 4.04. The minimum atomic E-state index is -0.985. The van der Waals surface area contributed by atoms with E-state index in [1.165, 1.54) is 20.3 Å². The first-order valence-corrected chi connectivity index (χ1v) is 7.19. The number of carbonyl (C=O) groups excluding carboxylic acids is 2. The van der Waals surface area contributed by atoms with Gasteiger partial charge in [0.25, 0.3) is 0 Å². The molecule has 0 radical (unpaired) electrons. The van der Waals surface area contributed by atoms with Crippen molar-refractivity contribution in [2.24, 2.45) is 17.8 Å². The minimum absolute atomic E-state index is 0.295. The maximum Gasteiger partial charge on any atom is 0.337 e. The molecule has 1 spiro atoms. The molecule has 0 aromatic heterocycles. The van der Waals surface area contributed by atoms with Gasteiger partial charge in [-0.1, -0.05) is 6.08 Å². The van der Waals surface area contributed by atoms with Crippen molar-refractivity contribution in [1.82, 2.24) is 0 Å². The second-order valence-electron chi connectivity index (χ2n) is 6.08. The number of esters is 2. The van der Waals surface area contributed by atoms with E-state index in [9.17, 15) is 14.7 Å². The van der Waals surface area contributed by atoms with Crippen molar-refractivity contribution in [3.8, 4) is 0 Å². The van der Waals surface area contributed by atoms with Gasteiger partial charge in [-0.15, -0.1) is 0 Å². The molecule has 1 N–H and O–H groups in total. The molecule has 0 bridgehead atoms. The molecule has 0 saturated carbocycles. The summed E-state index contributed by atoms with van der Waals surface area (Å²) < 4.78 is 21.7. The van der Waals surface area contributed by atoms with Gasteiger partial charge in [0.05, 0.1) is 31.0 Å². The third-order valence-corrected chi connectivity index (χ3v) is 5.00. The van der Waals surface area contributed by atoms with Crippen LogP contribution < -0.4 is 0 Å². The highest BCUT2D eigenvalue weighted by Crippen LogP contribution is 2.58. The number of carbonyl (C=O) groups is 2. The Hall–Kier alpha value is -1.86. The molecule has 0 aromatic carbocycles. The highest BCUT2D eigenvalue weighted by Gasteiger charge is 2.72. The van der Waals surface area contributed by atoms with Gasteiger partial charge in [0.2, 0.25) is 6.29 Å². The summed E-state index contributed by atoms with van der Waals surface area (Å²) in [5.41, 5.74) is -0.612. The van der Waals surface area contributed by atoms with E-state index in [-0.39, 0.29) is 11.8 Å². The fraction of sp³-hybridized carbons (Fsp3) is 0.600. The van der Waals surface area contributed by atoms with Crippen LogP contribution in [0.15, 0.2) is 24.0 Å². The first kappa shape index (κ1) is 13.8. The third-order valence-electron chi connectivity index (χ3n) is 5.00. The van der Waals surface area contributed by atoms with Gasteiger partial charge >= 0.3 is 11.9 Å². The summed E-state index contributed by atoms with van der Waals surface area (Å²) in [5.74, 6) is -2.37. The van der Waals surface area contributed by atoms with Crippen LogP contribution in [-0.2, 0) is 28.5 Å². The first-order chi connectivity index (χ1) is 10.5. The molecule has 3 aliphatic heterocycles. The molecule has 22 heavy (non-hydrogen) atoms. The van der Waals surface area contributed by atoms with Gasteiger partial charge in [-0.25, -0.2) is 4.79 Å². The lowest BCUT2D eigenvalue weighted by Crippen LogP contribution is -2.44. The Kier molecular flexibility index (Phi) is 2.71. The summed E-state index contributed by atoms with van der Waals surface area (Å²) >= 11 is 0. The molecular formula is C15H16O7. The predicted molar refractivity (Wildman–Crippen MR) is 70.0 cm³/mol. The molecule has 7 nitrogen and oxygen atoms in total. The van der Waals surface area contributed by atoms with Gasteiger partial charge in [-0.05, 0) is 13.0 Å². The molecule has 0 amide bonds. The van der Waals surface area contributed by atoms with Crippen LogP contribution in [0.1, 0.15) is 6.92 Å². The Balaban J connectivity index is 1.74. The van der Waals surface area contributed by atoms with Gasteiger partial charge in [0.15, 0.2) is 5.60 Å². The molecule has 3 heterocycles. The molecule has 118 valence electrons. The Morgan fingerprint density at radius 3 is 2.95 bits per heavy atom. The molecule has 0 unspecified atom stereocenters. The summed E-state index contributed by atoms with van der Waals surface area (Å²) in [7, 11) is 1.30. The molecule has 7 atom stereocenters. The quantitative estimate of drug-likeness (QED) is 0.562. The van der Waals surface area contributed by atoms with Crippen molar-refractivity contribution in [2.75, 3.05) is 7.11 Å². The van der Waals surface area contributed by atoms with E-state index in [0.29, 0.717) is 5.57 Å². The van der Waals surface area contributed by atoms with Gasteiger partial charge in [0.1, 0.15) is 12.0 Å². The van der Waals surface area contributed by atoms with Crippen LogP contribution in [0.4, 0.5) is 0 Å². The summed E-state index contributed by atoms with van der Waals surface area (Å²) in [6.07, 6.45) is 2.81. The van der Waals surface area contributed by atoms with E-state index in [1.807, 2.05) is 6.08 Å². The van der Waals surface area contributed by atoms with Gasteiger partial charge < -0.3 is 24.1 Å². The van der Waals surface area contributed by atoms with Gasteiger partial charge in [-0.3, -0.25) is 4.79 Å². The Morgan fingerprint density at radius 2 is 2.27 bits per heavy atom. The lowest BCUT2D eigenvalue weighted by atomic mass is 9.77.